The normalized spacial score (nSPS) is 13.9. The third kappa shape index (κ3) is 19.9. The predicted molar refractivity (Wildman–Crippen MR) is 105 cm³/mol. The molecule has 0 fully saturated rings. The van der Waals surface area contributed by atoms with Gasteiger partial charge in [-0.2, -0.15) is 0 Å². The zero-order chi connectivity index (χ0) is 23.7. The van der Waals surface area contributed by atoms with E-state index in [1.165, 1.54) is 0 Å². The SMILES string of the molecule is CC(=O)OC[C@H](COP(=O)([O-])OCCNC(=O)OCCOCCNC(C)C)OC(C)=O. The highest BCUT2D eigenvalue weighted by molar-refractivity contribution is 7.45. The van der Waals surface area contributed by atoms with Crippen molar-refractivity contribution in [2.75, 3.05) is 52.7 Å². The highest BCUT2D eigenvalue weighted by atomic mass is 31.2. The molecule has 0 aromatic heterocycles. The molecule has 0 spiro atoms. The van der Waals surface area contributed by atoms with Gasteiger partial charge in [0.15, 0.2) is 6.10 Å². The van der Waals surface area contributed by atoms with E-state index in [0.717, 1.165) is 13.8 Å². The van der Waals surface area contributed by atoms with Crippen LogP contribution in [0.15, 0.2) is 0 Å². The molecule has 0 aromatic rings. The van der Waals surface area contributed by atoms with Crippen molar-refractivity contribution in [1.82, 2.24) is 10.6 Å². The summed E-state index contributed by atoms with van der Waals surface area (Å²) in [5.74, 6) is -1.34. The Balaban J connectivity index is 3.94. The molecule has 0 saturated carbocycles. The highest BCUT2D eigenvalue weighted by Gasteiger charge is 2.19. The van der Waals surface area contributed by atoms with Crippen LogP contribution in [0.25, 0.3) is 0 Å². The van der Waals surface area contributed by atoms with Gasteiger partial charge in [-0.1, -0.05) is 13.8 Å². The molecule has 182 valence electrons. The molecule has 0 aliphatic heterocycles. The molecule has 0 aliphatic carbocycles. The molecule has 0 rings (SSSR count). The van der Waals surface area contributed by atoms with Gasteiger partial charge in [-0.3, -0.25) is 14.2 Å². The van der Waals surface area contributed by atoms with Crippen LogP contribution in [0.3, 0.4) is 0 Å². The van der Waals surface area contributed by atoms with Crippen molar-refractivity contribution in [2.45, 2.75) is 39.8 Å². The van der Waals surface area contributed by atoms with Gasteiger partial charge in [0.1, 0.15) is 13.2 Å². The van der Waals surface area contributed by atoms with Crippen molar-refractivity contribution in [2.24, 2.45) is 0 Å². The number of phosphoric acid groups is 1. The van der Waals surface area contributed by atoms with E-state index in [2.05, 4.69) is 24.4 Å². The van der Waals surface area contributed by atoms with Gasteiger partial charge in [0, 0.05) is 33.0 Å². The molecular weight excluding hydrogens is 439 g/mol. The van der Waals surface area contributed by atoms with E-state index in [1.54, 1.807) is 0 Å². The highest BCUT2D eigenvalue weighted by Crippen LogP contribution is 2.38. The molecule has 13 nitrogen and oxygen atoms in total. The van der Waals surface area contributed by atoms with E-state index in [9.17, 15) is 23.8 Å². The number of nitrogens with one attached hydrogen (secondary N) is 2. The fraction of sp³-hybridized carbons (Fsp3) is 0.824. The molecule has 0 saturated heterocycles. The molecule has 14 heteroatoms. The van der Waals surface area contributed by atoms with Crippen LogP contribution < -0.4 is 15.5 Å². The number of carbonyl (C=O) groups excluding carboxylic acids is 3. The van der Waals surface area contributed by atoms with E-state index in [4.69, 9.17) is 14.2 Å². The molecule has 0 bridgehead atoms. The van der Waals surface area contributed by atoms with Crippen molar-refractivity contribution in [3.8, 4) is 0 Å². The average Bonchev–Trinajstić information content (AvgIpc) is 2.66. The average molecular weight is 471 g/mol. The van der Waals surface area contributed by atoms with Crippen LogP contribution in [0.2, 0.25) is 0 Å². The van der Waals surface area contributed by atoms with Crippen molar-refractivity contribution in [3.05, 3.63) is 0 Å². The Kier molecular flexibility index (Phi) is 15.9. The summed E-state index contributed by atoms with van der Waals surface area (Å²) in [5, 5.41) is 5.47. The molecule has 31 heavy (non-hydrogen) atoms. The van der Waals surface area contributed by atoms with Gasteiger partial charge in [-0.15, -0.1) is 0 Å². The molecule has 1 amide bonds. The summed E-state index contributed by atoms with van der Waals surface area (Å²) >= 11 is 0. The van der Waals surface area contributed by atoms with Crippen LogP contribution in [0.4, 0.5) is 4.79 Å². The van der Waals surface area contributed by atoms with E-state index >= 15 is 0 Å². The third-order valence-electron chi connectivity index (χ3n) is 3.10. The maximum atomic E-state index is 11.7. The molecule has 0 radical (unpaired) electrons. The lowest BCUT2D eigenvalue weighted by Crippen LogP contribution is -2.31. The second-order valence-corrected chi connectivity index (χ2v) is 7.80. The number of rotatable bonds is 17. The smallest absolute Gasteiger partial charge is 0.407 e. The van der Waals surface area contributed by atoms with E-state index in [0.29, 0.717) is 19.2 Å². The summed E-state index contributed by atoms with van der Waals surface area (Å²) in [6, 6.07) is 0.360. The summed E-state index contributed by atoms with van der Waals surface area (Å²) in [7, 11) is -4.74. The Morgan fingerprint density at radius 3 is 2.23 bits per heavy atom. The van der Waals surface area contributed by atoms with Crippen LogP contribution in [-0.4, -0.2) is 82.9 Å². The Labute approximate surface area is 181 Å². The number of carbonyl (C=O) groups is 3. The standard InChI is InChI=1S/C17H33N2O11P/c1-13(2)18-5-7-25-9-10-26-17(22)19-6-8-28-31(23,24)29-12-16(30-15(4)21)11-27-14(3)20/h13,16,18H,5-12H2,1-4H3,(H,19,22)(H,23,24)/p-1/t16-/m1/s1. The second-order valence-electron chi connectivity index (χ2n) is 6.39. The number of esters is 2. The summed E-state index contributed by atoms with van der Waals surface area (Å²) in [4.78, 5) is 45.0. The number of ether oxygens (including phenoxy) is 4. The van der Waals surface area contributed by atoms with Crippen LogP contribution in [0.5, 0.6) is 0 Å². The zero-order valence-corrected chi connectivity index (χ0v) is 19.1. The van der Waals surface area contributed by atoms with Gasteiger partial charge < -0.3 is 43.5 Å². The quantitative estimate of drug-likeness (QED) is 0.123. The molecule has 0 heterocycles. The van der Waals surface area contributed by atoms with Crippen molar-refractivity contribution in [3.63, 3.8) is 0 Å². The number of amides is 1. The topological polar surface area (TPSA) is 171 Å². The van der Waals surface area contributed by atoms with Crippen LogP contribution in [-0.2, 0) is 42.1 Å². The van der Waals surface area contributed by atoms with Gasteiger partial charge in [0.2, 0.25) is 0 Å². The van der Waals surface area contributed by atoms with Gasteiger partial charge in [0.25, 0.3) is 7.82 Å². The van der Waals surface area contributed by atoms with Crippen molar-refractivity contribution < 1.29 is 51.8 Å². The van der Waals surface area contributed by atoms with Crippen LogP contribution in [0.1, 0.15) is 27.7 Å². The summed E-state index contributed by atoms with van der Waals surface area (Å²) in [6.45, 7) is 6.17. The van der Waals surface area contributed by atoms with Gasteiger partial charge in [-0.05, 0) is 0 Å². The molecule has 0 aliphatic rings. The minimum absolute atomic E-state index is 0.0391. The van der Waals surface area contributed by atoms with Crippen LogP contribution >= 0.6 is 7.82 Å². The lowest BCUT2D eigenvalue weighted by molar-refractivity contribution is -0.228. The maximum Gasteiger partial charge on any atom is 0.407 e. The summed E-state index contributed by atoms with van der Waals surface area (Å²) in [6.07, 6.45) is -1.88. The van der Waals surface area contributed by atoms with E-state index in [1.807, 2.05) is 13.8 Å². The zero-order valence-electron chi connectivity index (χ0n) is 18.2. The summed E-state index contributed by atoms with van der Waals surface area (Å²) in [5.41, 5.74) is 0. The lowest BCUT2D eigenvalue weighted by atomic mass is 10.4. The summed E-state index contributed by atoms with van der Waals surface area (Å²) < 4.78 is 40.4. The number of alkyl carbamates (subject to hydrolysis) is 1. The molecule has 0 aromatic carbocycles. The number of hydrogen-bond acceptors (Lipinski definition) is 12. The third-order valence-corrected chi connectivity index (χ3v) is 4.07. The van der Waals surface area contributed by atoms with E-state index in [-0.39, 0.29) is 26.4 Å². The Hall–Kier alpha value is -1.76. The minimum atomic E-state index is -4.74. The first-order chi connectivity index (χ1) is 14.5. The van der Waals surface area contributed by atoms with Gasteiger partial charge in [0.05, 0.1) is 26.4 Å². The van der Waals surface area contributed by atoms with Gasteiger partial charge >= 0.3 is 18.0 Å². The molecule has 2 N–H and O–H groups in total. The van der Waals surface area contributed by atoms with Crippen molar-refractivity contribution >= 4 is 25.9 Å². The second kappa shape index (κ2) is 16.9. The molecular formula is C17H32N2O11P-. The largest absolute Gasteiger partial charge is 0.756 e. The Morgan fingerprint density at radius 1 is 0.903 bits per heavy atom. The first-order valence-corrected chi connectivity index (χ1v) is 11.1. The van der Waals surface area contributed by atoms with Crippen LogP contribution in [0, 0.1) is 0 Å². The Bertz CT molecular complexity index is 588. The molecule has 1 unspecified atom stereocenters. The van der Waals surface area contributed by atoms with Gasteiger partial charge in [-0.25, -0.2) is 4.79 Å². The lowest BCUT2D eigenvalue weighted by Gasteiger charge is -2.25. The number of hydrogen-bond donors (Lipinski definition) is 2. The maximum absolute atomic E-state index is 11.7. The fourth-order valence-corrected chi connectivity index (χ4v) is 2.59. The van der Waals surface area contributed by atoms with Crippen molar-refractivity contribution in [1.29, 1.82) is 0 Å². The number of phosphoric ester groups is 1. The first-order valence-electron chi connectivity index (χ1n) is 9.64. The predicted octanol–water partition coefficient (Wildman–Crippen LogP) is -0.276. The Morgan fingerprint density at radius 2 is 1.61 bits per heavy atom. The van der Waals surface area contributed by atoms with E-state index < -0.39 is 45.2 Å². The monoisotopic (exact) mass is 471 g/mol. The fourth-order valence-electron chi connectivity index (χ4n) is 1.85. The first kappa shape index (κ1) is 29.2. The molecule has 2 atom stereocenters. The minimum Gasteiger partial charge on any atom is -0.756 e.